The minimum Gasteiger partial charge on any atom is -0.310 e. The van der Waals surface area contributed by atoms with Crippen molar-refractivity contribution in [1.82, 2.24) is 15.2 Å². The van der Waals surface area contributed by atoms with E-state index in [2.05, 4.69) is 48.1 Å². The zero-order chi connectivity index (χ0) is 14.1. The first-order valence-electron chi connectivity index (χ1n) is 7.53. The lowest BCUT2D eigenvalue weighted by atomic mass is 10.1. The molecule has 1 N–H and O–H groups in total. The van der Waals surface area contributed by atoms with Gasteiger partial charge in [0.25, 0.3) is 0 Å². The van der Waals surface area contributed by atoms with Crippen molar-refractivity contribution >= 4 is 0 Å². The summed E-state index contributed by atoms with van der Waals surface area (Å²) in [6, 6.07) is 4.79. The summed E-state index contributed by atoms with van der Waals surface area (Å²) in [7, 11) is 0. The first kappa shape index (κ1) is 16.1. The number of nitrogens with one attached hydrogen (secondary N) is 1. The monoisotopic (exact) mass is 263 g/mol. The van der Waals surface area contributed by atoms with Gasteiger partial charge in [-0.25, -0.2) is 0 Å². The number of hydrogen-bond acceptors (Lipinski definition) is 3. The van der Waals surface area contributed by atoms with Crippen LogP contribution in [0.2, 0.25) is 0 Å². The quantitative estimate of drug-likeness (QED) is 0.742. The van der Waals surface area contributed by atoms with Crippen molar-refractivity contribution in [2.24, 2.45) is 0 Å². The highest BCUT2D eigenvalue weighted by Gasteiger charge is 2.04. The van der Waals surface area contributed by atoms with E-state index in [0.29, 0.717) is 6.04 Å². The lowest BCUT2D eigenvalue weighted by Crippen LogP contribution is -2.28. The van der Waals surface area contributed by atoms with Crippen LogP contribution in [0.1, 0.15) is 44.9 Å². The summed E-state index contributed by atoms with van der Waals surface area (Å²) in [4.78, 5) is 6.80. The van der Waals surface area contributed by atoms with Gasteiger partial charge < -0.3 is 10.2 Å². The molecule has 1 aromatic rings. The van der Waals surface area contributed by atoms with Crippen LogP contribution in [-0.4, -0.2) is 35.6 Å². The van der Waals surface area contributed by atoms with Gasteiger partial charge in [0.1, 0.15) is 0 Å². The Kier molecular flexibility index (Phi) is 7.68. The van der Waals surface area contributed by atoms with E-state index >= 15 is 0 Å². The van der Waals surface area contributed by atoms with Crippen molar-refractivity contribution < 1.29 is 0 Å². The van der Waals surface area contributed by atoms with Crippen molar-refractivity contribution in [2.45, 2.75) is 53.1 Å². The van der Waals surface area contributed by atoms with E-state index in [0.717, 1.165) is 25.3 Å². The predicted octanol–water partition coefficient (Wildman–Crippen LogP) is 2.99. The van der Waals surface area contributed by atoms with Crippen LogP contribution >= 0.6 is 0 Å². The number of nitrogens with zero attached hydrogens (tertiary/aromatic N) is 2. The van der Waals surface area contributed by atoms with Gasteiger partial charge in [-0.15, -0.1) is 0 Å². The number of aryl methyl sites for hydroxylation is 1. The molecule has 3 nitrogen and oxygen atoms in total. The molecule has 0 aliphatic carbocycles. The average molecular weight is 263 g/mol. The smallest absolute Gasteiger partial charge is 0.0372 e. The summed E-state index contributed by atoms with van der Waals surface area (Å²) in [6.45, 7) is 13.2. The second-order valence-corrected chi connectivity index (χ2v) is 5.26. The van der Waals surface area contributed by atoms with Crippen LogP contribution in [0.3, 0.4) is 0 Å². The summed E-state index contributed by atoms with van der Waals surface area (Å²) >= 11 is 0. The third kappa shape index (κ3) is 6.69. The zero-order valence-electron chi connectivity index (χ0n) is 12.9. The molecule has 0 saturated heterocycles. The average Bonchev–Trinajstić information content (AvgIpc) is 2.43. The lowest BCUT2D eigenvalue weighted by molar-refractivity contribution is 0.290. The Morgan fingerprint density at radius 1 is 1.26 bits per heavy atom. The Bertz CT molecular complexity index is 330. The molecular formula is C16H29N3. The highest BCUT2D eigenvalue weighted by Crippen LogP contribution is 2.03. The normalized spacial score (nSPS) is 12.9. The van der Waals surface area contributed by atoms with Crippen LogP contribution < -0.4 is 5.32 Å². The Morgan fingerprint density at radius 3 is 2.58 bits per heavy atom. The van der Waals surface area contributed by atoms with Gasteiger partial charge in [-0.2, -0.15) is 0 Å². The number of rotatable bonds is 9. The summed E-state index contributed by atoms with van der Waals surface area (Å²) in [5.74, 6) is 0. The van der Waals surface area contributed by atoms with Crippen molar-refractivity contribution in [1.29, 1.82) is 0 Å². The van der Waals surface area contributed by atoms with Crippen LogP contribution in [0.25, 0.3) is 0 Å². The number of pyridine rings is 1. The summed E-state index contributed by atoms with van der Waals surface area (Å²) in [5, 5.41) is 3.57. The molecule has 0 saturated carbocycles. The topological polar surface area (TPSA) is 28.2 Å². The molecule has 1 rings (SSSR count). The molecule has 19 heavy (non-hydrogen) atoms. The van der Waals surface area contributed by atoms with E-state index < -0.39 is 0 Å². The summed E-state index contributed by atoms with van der Waals surface area (Å²) < 4.78 is 0. The second-order valence-electron chi connectivity index (χ2n) is 5.26. The third-order valence-electron chi connectivity index (χ3n) is 3.63. The molecule has 3 heteroatoms. The summed E-state index contributed by atoms with van der Waals surface area (Å²) in [6.07, 6.45) is 4.46. The maximum absolute atomic E-state index is 4.32. The molecule has 0 fully saturated rings. The molecule has 0 bridgehead atoms. The molecule has 0 aromatic carbocycles. The summed E-state index contributed by atoms with van der Waals surface area (Å²) in [5.41, 5.74) is 2.34. The number of aromatic nitrogens is 1. The van der Waals surface area contributed by atoms with Gasteiger partial charge in [-0.05, 0) is 58.0 Å². The van der Waals surface area contributed by atoms with Crippen molar-refractivity contribution in [2.75, 3.05) is 19.6 Å². The van der Waals surface area contributed by atoms with E-state index in [9.17, 15) is 0 Å². The first-order valence-corrected chi connectivity index (χ1v) is 7.53. The van der Waals surface area contributed by atoms with Gasteiger partial charge in [-0.1, -0.05) is 19.9 Å². The Morgan fingerprint density at radius 2 is 2.00 bits per heavy atom. The van der Waals surface area contributed by atoms with Crippen LogP contribution in [-0.2, 0) is 6.54 Å². The highest BCUT2D eigenvalue weighted by atomic mass is 15.1. The van der Waals surface area contributed by atoms with Crippen LogP contribution in [0.4, 0.5) is 0 Å². The van der Waals surface area contributed by atoms with E-state index in [1.54, 1.807) is 0 Å². The zero-order valence-corrected chi connectivity index (χ0v) is 12.9. The number of hydrogen-bond donors (Lipinski definition) is 1. The van der Waals surface area contributed by atoms with Gasteiger partial charge in [0.2, 0.25) is 0 Å². The van der Waals surface area contributed by atoms with Crippen molar-refractivity contribution in [3.8, 4) is 0 Å². The van der Waals surface area contributed by atoms with Gasteiger partial charge in [0.15, 0.2) is 0 Å². The lowest BCUT2D eigenvalue weighted by Gasteiger charge is -2.19. The fraction of sp³-hybridized carbons (Fsp3) is 0.688. The molecule has 1 unspecified atom stereocenters. The molecule has 0 spiro atoms. The van der Waals surface area contributed by atoms with Gasteiger partial charge >= 0.3 is 0 Å². The fourth-order valence-corrected chi connectivity index (χ4v) is 2.16. The molecular weight excluding hydrogens is 234 g/mol. The SMILES string of the molecule is CCN(CC)CCCC(C)NCc1ccc(C)nc1. The van der Waals surface area contributed by atoms with E-state index in [1.165, 1.54) is 24.9 Å². The van der Waals surface area contributed by atoms with Gasteiger partial charge in [-0.3, -0.25) is 4.98 Å². The third-order valence-corrected chi connectivity index (χ3v) is 3.63. The molecule has 0 aliphatic rings. The van der Waals surface area contributed by atoms with E-state index in [-0.39, 0.29) is 0 Å². The second kappa shape index (κ2) is 9.05. The standard InChI is InChI=1S/C16H29N3/c1-5-19(6-2)11-7-8-14(3)17-12-16-10-9-15(4)18-13-16/h9-10,13-14,17H,5-8,11-12H2,1-4H3. The molecule has 0 radical (unpaired) electrons. The van der Waals surface area contributed by atoms with Crippen molar-refractivity contribution in [3.63, 3.8) is 0 Å². The van der Waals surface area contributed by atoms with Gasteiger partial charge in [0, 0.05) is 24.5 Å². The van der Waals surface area contributed by atoms with Crippen LogP contribution in [0, 0.1) is 6.92 Å². The highest BCUT2D eigenvalue weighted by molar-refractivity contribution is 5.12. The first-order chi connectivity index (χ1) is 9.15. The fourth-order valence-electron chi connectivity index (χ4n) is 2.16. The molecule has 108 valence electrons. The minimum absolute atomic E-state index is 0.567. The van der Waals surface area contributed by atoms with Crippen LogP contribution in [0.15, 0.2) is 18.3 Å². The molecule has 1 aromatic heterocycles. The minimum atomic E-state index is 0.567. The Balaban J connectivity index is 2.17. The maximum atomic E-state index is 4.32. The molecule has 0 amide bonds. The molecule has 1 heterocycles. The molecule has 0 aliphatic heterocycles. The maximum Gasteiger partial charge on any atom is 0.0372 e. The molecule has 1 atom stereocenters. The largest absolute Gasteiger partial charge is 0.310 e. The predicted molar refractivity (Wildman–Crippen MR) is 82.3 cm³/mol. The van der Waals surface area contributed by atoms with Crippen molar-refractivity contribution in [3.05, 3.63) is 29.6 Å². The van der Waals surface area contributed by atoms with E-state index in [4.69, 9.17) is 0 Å². The van der Waals surface area contributed by atoms with Gasteiger partial charge in [0.05, 0.1) is 0 Å². The Hall–Kier alpha value is -0.930. The van der Waals surface area contributed by atoms with Crippen LogP contribution in [0.5, 0.6) is 0 Å². The van der Waals surface area contributed by atoms with E-state index in [1.807, 2.05) is 13.1 Å². The Labute approximate surface area is 118 Å².